The summed E-state index contributed by atoms with van der Waals surface area (Å²) in [5, 5.41) is 3.36. The minimum absolute atomic E-state index is 0.125. The van der Waals surface area contributed by atoms with Crippen LogP contribution >= 0.6 is 25.3 Å². The molecule has 0 saturated carbocycles. The first kappa shape index (κ1) is 14.6. The van der Waals surface area contributed by atoms with E-state index in [9.17, 15) is 0 Å². The summed E-state index contributed by atoms with van der Waals surface area (Å²) in [7, 11) is 0. The Morgan fingerprint density at radius 2 is 1.86 bits per heavy atom. The van der Waals surface area contributed by atoms with Gasteiger partial charge in [-0.2, -0.15) is 25.3 Å². The standard InChI is InChI=1S/C9H23N3S2/c1-8(11,3-4-13)6-12-9(2,5-10)7-14/h12-14H,3-7,10-11H2,1-2H3/t8?,9-/m1/s1. The maximum absolute atomic E-state index is 6.07. The van der Waals surface area contributed by atoms with Gasteiger partial charge in [-0.25, -0.2) is 0 Å². The Hall–Kier alpha value is 0.580. The van der Waals surface area contributed by atoms with Gasteiger partial charge < -0.3 is 16.8 Å². The quantitative estimate of drug-likeness (QED) is 0.413. The lowest BCUT2D eigenvalue weighted by atomic mass is 9.97. The monoisotopic (exact) mass is 237 g/mol. The lowest BCUT2D eigenvalue weighted by Gasteiger charge is -2.33. The zero-order chi connectivity index (χ0) is 11.2. The molecule has 0 aliphatic heterocycles. The van der Waals surface area contributed by atoms with Crippen LogP contribution in [0, 0.1) is 0 Å². The third kappa shape index (κ3) is 5.46. The molecule has 86 valence electrons. The van der Waals surface area contributed by atoms with Gasteiger partial charge in [-0.1, -0.05) is 0 Å². The Labute approximate surface area is 98.2 Å². The topological polar surface area (TPSA) is 64.1 Å². The molecule has 0 heterocycles. The second-order valence-electron chi connectivity index (χ2n) is 4.40. The van der Waals surface area contributed by atoms with E-state index in [2.05, 4.69) is 37.5 Å². The van der Waals surface area contributed by atoms with Crippen molar-refractivity contribution in [3.63, 3.8) is 0 Å². The van der Waals surface area contributed by atoms with Crippen molar-refractivity contribution in [3.8, 4) is 0 Å². The molecule has 2 atom stereocenters. The Morgan fingerprint density at radius 1 is 1.29 bits per heavy atom. The van der Waals surface area contributed by atoms with Gasteiger partial charge in [0.2, 0.25) is 0 Å². The summed E-state index contributed by atoms with van der Waals surface area (Å²) in [4.78, 5) is 0. The largest absolute Gasteiger partial charge is 0.329 e. The summed E-state index contributed by atoms with van der Waals surface area (Å²) in [6.07, 6.45) is 0.885. The normalized spacial score (nSPS) is 20.1. The SMILES string of the molecule is CC(N)(CCS)CN[C@](C)(CN)CS. The maximum Gasteiger partial charge on any atom is 0.0364 e. The minimum Gasteiger partial charge on any atom is -0.329 e. The van der Waals surface area contributed by atoms with Crippen LogP contribution in [0.1, 0.15) is 20.3 Å². The predicted molar refractivity (Wildman–Crippen MR) is 70.4 cm³/mol. The van der Waals surface area contributed by atoms with Crippen molar-refractivity contribution < 1.29 is 0 Å². The van der Waals surface area contributed by atoms with Crippen molar-refractivity contribution in [1.29, 1.82) is 0 Å². The predicted octanol–water partition coefficient (Wildman–Crippen LogP) is 0.261. The second kappa shape index (κ2) is 6.23. The van der Waals surface area contributed by atoms with E-state index in [1.165, 1.54) is 0 Å². The zero-order valence-corrected chi connectivity index (χ0v) is 10.9. The van der Waals surface area contributed by atoms with Crippen LogP contribution in [0.2, 0.25) is 0 Å². The van der Waals surface area contributed by atoms with Crippen LogP contribution in [0.4, 0.5) is 0 Å². The van der Waals surface area contributed by atoms with E-state index in [0.717, 1.165) is 18.7 Å². The van der Waals surface area contributed by atoms with E-state index in [-0.39, 0.29) is 11.1 Å². The molecule has 1 unspecified atom stereocenters. The Balaban J connectivity index is 4.02. The van der Waals surface area contributed by atoms with E-state index in [4.69, 9.17) is 11.5 Å². The lowest BCUT2D eigenvalue weighted by Crippen LogP contribution is -2.57. The summed E-state index contributed by atoms with van der Waals surface area (Å²) in [5.41, 5.74) is 11.4. The molecule has 5 heteroatoms. The molecule has 0 amide bonds. The maximum atomic E-state index is 6.07. The molecule has 0 radical (unpaired) electrons. The minimum atomic E-state index is -0.221. The molecule has 0 aromatic heterocycles. The van der Waals surface area contributed by atoms with Gasteiger partial charge in [0.25, 0.3) is 0 Å². The summed E-state index contributed by atoms with van der Waals surface area (Å²) in [5.74, 6) is 1.51. The Morgan fingerprint density at radius 3 is 2.21 bits per heavy atom. The number of nitrogens with two attached hydrogens (primary N) is 2. The number of nitrogens with one attached hydrogen (secondary N) is 1. The highest BCUT2D eigenvalue weighted by Gasteiger charge is 2.24. The number of hydrogen-bond acceptors (Lipinski definition) is 5. The van der Waals surface area contributed by atoms with Gasteiger partial charge in [-0.05, 0) is 26.0 Å². The fourth-order valence-corrected chi connectivity index (χ4v) is 1.70. The van der Waals surface area contributed by atoms with Crippen LogP contribution in [0.3, 0.4) is 0 Å². The average Bonchev–Trinajstić information content (AvgIpc) is 2.14. The van der Waals surface area contributed by atoms with E-state index < -0.39 is 0 Å². The molecule has 0 aliphatic rings. The Kier molecular flexibility index (Phi) is 6.48. The van der Waals surface area contributed by atoms with Gasteiger partial charge in [-0.15, -0.1) is 0 Å². The fourth-order valence-electron chi connectivity index (χ4n) is 0.952. The van der Waals surface area contributed by atoms with Gasteiger partial charge in [0.15, 0.2) is 0 Å². The molecular weight excluding hydrogens is 214 g/mol. The molecule has 0 bridgehead atoms. The number of rotatable bonds is 7. The van der Waals surface area contributed by atoms with Crippen LogP contribution < -0.4 is 16.8 Å². The van der Waals surface area contributed by atoms with Crippen LogP contribution in [-0.2, 0) is 0 Å². The van der Waals surface area contributed by atoms with Crippen molar-refractivity contribution in [1.82, 2.24) is 5.32 Å². The smallest absolute Gasteiger partial charge is 0.0364 e. The average molecular weight is 237 g/mol. The van der Waals surface area contributed by atoms with Crippen molar-refractivity contribution >= 4 is 25.3 Å². The molecule has 0 rings (SSSR count). The zero-order valence-electron chi connectivity index (χ0n) is 9.08. The molecule has 0 fully saturated rings. The lowest BCUT2D eigenvalue weighted by molar-refractivity contribution is 0.334. The second-order valence-corrected chi connectivity index (χ2v) is 5.17. The van der Waals surface area contributed by atoms with Crippen molar-refractivity contribution in [2.75, 3.05) is 24.6 Å². The summed E-state index contributed by atoms with van der Waals surface area (Å²) in [6, 6.07) is 0. The van der Waals surface area contributed by atoms with Crippen LogP contribution in [0.15, 0.2) is 0 Å². The first-order valence-electron chi connectivity index (χ1n) is 4.85. The summed E-state index contributed by atoms with van der Waals surface area (Å²) >= 11 is 8.44. The van der Waals surface area contributed by atoms with E-state index in [0.29, 0.717) is 12.3 Å². The van der Waals surface area contributed by atoms with Gasteiger partial charge in [0.05, 0.1) is 0 Å². The Bertz CT molecular complexity index is 158. The molecule has 3 nitrogen and oxygen atoms in total. The fraction of sp³-hybridized carbons (Fsp3) is 1.00. The van der Waals surface area contributed by atoms with Gasteiger partial charge in [0.1, 0.15) is 0 Å². The van der Waals surface area contributed by atoms with Crippen molar-refractivity contribution in [2.24, 2.45) is 11.5 Å². The first-order valence-corrected chi connectivity index (χ1v) is 6.11. The molecule has 0 aromatic carbocycles. The number of hydrogen-bond donors (Lipinski definition) is 5. The van der Waals surface area contributed by atoms with E-state index in [1.807, 2.05) is 6.92 Å². The molecule has 5 N–H and O–H groups in total. The molecule has 0 spiro atoms. The highest BCUT2D eigenvalue weighted by atomic mass is 32.1. The van der Waals surface area contributed by atoms with Crippen molar-refractivity contribution in [2.45, 2.75) is 31.3 Å². The summed E-state index contributed by atoms with van der Waals surface area (Å²) < 4.78 is 0. The van der Waals surface area contributed by atoms with Gasteiger partial charge in [0, 0.05) is 29.9 Å². The first-order chi connectivity index (χ1) is 6.39. The van der Waals surface area contributed by atoms with Crippen LogP contribution in [0.25, 0.3) is 0 Å². The molecular formula is C9H23N3S2. The van der Waals surface area contributed by atoms with Gasteiger partial charge in [-0.3, -0.25) is 0 Å². The summed E-state index contributed by atoms with van der Waals surface area (Å²) in [6.45, 7) is 5.37. The number of thiol groups is 2. The molecule has 0 saturated heterocycles. The molecule has 0 aromatic rings. The van der Waals surface area contributed by atoms with E-state index >= 15 is 0 Å². The third-order valence-electron chi connectivity index (χ3n) is 2.40. The van der Waals surface area contributed by atoms with Gasteiger partial charge >= 0.3 is 0 Å². The van der Waals surface area contributed by atoms with Crippen molar-refractivity contribution in [3.05, 3.63) is 0 Å². The third-order valence-corrected chi connectivity index (χ3v) is 3.32. The highest BCUT2D eigenvalue weighted by Crippen LogP contribution is 2.09. The highest BCUT2D eigenvalue weighted by molar-refractivity contribution is 7.80. The molecule has 0 aliphatic carbocycles. The molecule has 14 heavy (non-hydrogen) atoms. The van der Waals surface area contributed by atoms with E-state index in [1.54, 1.807) is 0 Å². The van der Waals surface area contributed by atoms with Crippen LogP contribution in [0.5, 0.6) is 0 Å². The van der Waals surface area contributed by atoms with Crippen LogP contribution in [-0.4, -0.2) is 35.7 Å².